The highest BCUT2D eigenvalue weighted by molar-refractivity contribution is 6.30. The van der Waals surface area contributed by atoms with Crippen molar-refractivity contribution in [3.8, 4) is 0 Å². The van der Waals surface area contributed by atoms with E-state index in [2.05, 4.69) is 4.90 Å². The van der Waals surface area contributed by atoms with E-state index in [0.29, 0.717) is 13.0 Å². The predicted molar refractivity (Wildman–Crippen MR) is 60.0 cm³/mol. The van der Waals surface area contributed by atoms with Gasteiger partial charge in [-0.15, -0.1) is 11.6 Å². The molecule has 1 amide bonds. The van der Waals surface area contributed by atoms with E-state index in [1.54, 1.807) is 0 Å². The highest BCUT2D eigenvalue weighted by atomic mass is 35.5. The zero-order valence-electron chi connectivity index (χ0n) is 9.15. The molecule has 4 nitrogen and oxygen atoms in total. The Kier molecular flexibility index (Phi) is 5.36. The summed E-state index contributed by atoms with van der Waals surface area (Å²) in [5.74, 6) is 0.0443. The summed E-state index contributed by atoms with van der Waals surface area (Å²) in [5.41, 5.74) is 0. The van der Waals surface area contributed by atoms with Gasteiger partial charge in [-0.2, -0.15) is 0 Å². The molecular formula is C10H19ClN2O2. The normalized spacial score (nSPS) is 20.3. The van der Waals surface area contributed by atoms with E-state index in [9.17, 15) is 4.79 Å². The number of rotatable bonds is 4. The fourth-order valence-corrected chi connectivity index (χ4v) is 1.84. The average Bonchev–Trinajstić information content (AvgIpc) is 2.28. The standard InChI is InChI=1S/C10H19ClN2O2/c1-2-9(11)10(15)13-5-3-12(4-6-13)7-8-14/h9,14H,2-8H2,1H3/t9-/m1/s1. The minimum Gasteiger partial charge on any atom is -0.395 e. The zero-order chi connectivity index (χ0) is 11.3. The Labute approximate surface area is 95.8 Å². The van der Waals surface area contributed by atoms with Crippen LogP contribution in [0.25, 0.3) is 0 Å². The summed E-state index contributed by atoms with van der Waals surface area (Å²) in [6.45, 7) is 5.90. The van der Waals surface area contributed by atoms with Crippen molar-refractivity contribution in [2.75, 3.05) is 39.3 Å². The number of carbonyl (C=O) groups excluding carboxylic acids is 1. The Morgan fingerprint density at radius 1 is 1.40 bits per heavy atom. The van der Waals surface area contributed by atoms with Gasteiger partial charge in [-0.3, -0.25) is 9.69 Å². The van der Waals surface area contributed by atoms with Crippen molar-refractivity contribution in [3.63, 3.8) is 0 Å². The van der Waals surface area contributed by atoms with Gasteiger partial charge in [0.2, 0.25) is 5.91 Å². The Hall–Kier alpha value is -0.320. The molecule has 1 N–H and O–H groups in total. The summed E-state index contributed by atoms with van der Waals surface area (Å²) < 4.78 is 0. The molecule has 0 aromatic heterocycles. The van der Waals surface area contributed by atoms with Crippen LogP contribution in [0.2, 0.25) is 0 Å². The summed E-state index contributed by atoms with van der Waals surface area (Å²) in [6, 6.07) is 0. The number of aliphatic hydroxyl groups is 1. The number of piperazine rings is 1. The smallest absolute Gasteiger partial charge is 0.240 e. The Bertz CT molecular complexity index is 206. The van der Waals surface area contributed by atoms with E-state index in [1.165, 1.54) is 0 Å². The monoisotopic (exact) mass is 234 g/mol. The molecule has 0 bridgehead atoms. The highest BCUT2D eigenvalue weighted by Crippen LogP contribution is 2.09. The second kappa shape index (κ2) is 6.30. The van der Waals surface area contributed by atoms with Crippen molar-refractivity contribution in [1.29, 1.82) is 0 Å². The number of amides is 1. The van der Waals surface area contributed by atoms with Gasteiger partial charge in [0, 0.05) is 32.7 Å². The molecule has 1 atom stereocenters. The molecule has 15 heavy (non-hydrogen) atoms. The molecular weight excluding hydrogens is 216 g/mol. The average molecular weight is 235 g/mol. The molecule has 0 radical (unpaired) electrons. The van der Waals surface area contributed by atoms with Crippen LogP contribution in [0.1, 0.15) is 13.3 Å². The summed E-state index contributed by atoms with van der Waals surface area (Å²) in [6.07, 6.45) is 0.678. The first-order valence-electron chi connectivity index (χ1n) is 5.45. The number of alkyl halides is 1. The second-order valence-electron chi connectivity index (χ2n) is 3.77. The van der Waals surface area contributed by atoms with Gasteiger partial charge in [0.1, 0.15) is 5.38 Å². The lowest BCUT2D eigenvalue weighted by Gasteiger charge is -2.35. The molecule has 0 spiro atoms. The first kappa shape index (κ1) is 12.7. The number of carbonyl (C=O) groups is 1. The summed E-state index contributed by atoms with van der Waals surface area (Å²) in [5, 5.41) is 8.40. The van der Waals surface area contributed by atoms with Gasteiger partial charge in [-0.05, 0) is 6.42 Å². The van der Waals surface area contributed by atoms with Crippen molar-refractivity contribution in [3.05, 3.63) is 0 Å². The Morgan fingerprint density at radius 3 is 2.47 bits per heavy atom. The van der Waals surface area contributed by atoms with Gasteiger partial charge >= 0.3 is 0 Å². The number of aliphatic hydroxyl groups excluding tert-OH is 1. The maximum absolute atomic E-state index is 11.7. The third-order valence-electron chi connectivity index (χ3n) is 2.73. The Balaban J connectivity index is 2.33. The van der Waals surface area contributed by atoms with Crippen LogP contribution in [-0.4, -0.2) is 65.5 Å². The van der Waals surface area contributed by atoms with Crippen LogP contribution in [0.5, 0.6) is 0 Å². The number of β-amino-alcohol motifs (C(OH)–C–C–N with tert-alkyl or cyclic N) is 1. The van der Waals surface area contributed by atoms with Crippen LogP contribution < -0.4 is 0 Å². The van der Waals surface area contributed by atoms with Crippen LogP contribution in [-0.2, 0) is 4.79 Å². The highest BCUT2D eigenvalue weighted by Gasteiger charge is 2.24. The number of hydrogen-bond donors (Lipinski definition) is 1. The molecule has 88 valence electrons. The molecule has 1 aliphatic heterocycles. The maximum Gasteiger partial charge on any atom is 0.240 e. The molecule has 1 fully saturated rings. The van der Waals surface area contributed by atoms with E-state index in [1.807, 2.05) is 11.8 Å². The van der Waals surface area contributed by atoms with Gasteiger partial charge in [-0.25, -0.2) is 0 Å². The molecule has 0 saturated carbocycles. The lowest BCUT2D eigenvalue weighted by atomic mass is 10.2. The number of halogens is 1. The van der Waals surface area contributed by atoms with Crippen LogP contribution >= 0.6 is 11.6 Å². The van der Waals surface area contributed by atoms with E-state index < -0.39 is 0 Å². The number of nitrogens with zero attached hydrogens (tertiary/aromatic N) is 2. The third kappa shape index (κ3) is 3.63. The molecule has 1 heterocycles. The van der Waals surface area contributed by atoms with Crippen molar-refractivity contribution in [1.82, 2.24) is 9.80 Å². The molecule has 0 aliphatic carbocycles. The molecule has 0 aromatic carbocycles. The Morgan fingerprint density at radius 2 is 2.00 bits per heavy atom. The van der Waals surface area contributed by atoms with Crippen molar-refractivity contribution < 1.29 is 9.90 Å². The minimum atomic E-state index is -0.380. The molecule has 1 rings (SSSR count). The largest absolute Gasteiger partial charge is 0.395 e. The molecule has 0 aromatic rings. The van der Waals surface area contributed by atoms with Crippen LogP contribution in [0, 0.1) is 0 Å². The molecule has 0 unspecified atom stereocenters. The fourth-order valence-electron chi connectivity index (χ4n) is 1.71. The van der Waals surface area contributed by atoms with Gasteiger partial charge in [0.25, 0.3) is 0 Å². The molecule has 1 aliphatic rings. The molecule has 5 heteroatoms. The quantitative estimate of drug-likeness (QED) is 0.704. The topological polar surface area (TPSA) is 43.8 Å². The summed E-state index contributed by atoms with van der Waals surface area (Å²) in [4.78, 5) is 15.7. The lowest BCUT2D eigenvalue weighted by molar-refractivity contribution is -0.132. The predicted octanol–water partition coefficient (Wildman–Crippen LogP) is 0.140. The van der Waals surface area contributed by atoms with Gasteiger partial charge in [0.15, 0.2) is 0 Å². The van der Waals surface area contributed by atoms with Crippen molar-refractivity contribution >= 4 is 17.5 Å². The van der Waals surface area contributed by atoms with Gasteiger partial charge < -0.3 is 10.0 Å². The summed E-state index contributed by atoms with van der Waals surface area (Å²) in [7, 11) is 0. The molecule has 1 saturated heterocycles. The van der Waals surface area contributed by atoms with E-state index in [0.717, 1.165) is 26.2 Å². The van der Waals surface area contributed by atoms with E-state index >= 15 is 0 Å². The van der Waals surface area contributed by atoms with E-state index in [4.69, 9.17) is 16.7 Å². The minimum absolute atomic E-state index is 0.0443. The van der Waals surface area contributed by atoms with Crippen molar-refractivity contribution in [2.24, 2.45) is 0 Å². The van der Waals surface area contributed by atoms with Crippen LogP contribution in [0.4, 0.5) is 0 Å². The zero-order valence-corrected chi connectivity index (χ0v) is 9.91. The van der Waals surface area contributed by atoms with Crippen molar-refractivity contribution in [2.45, 2.75) is 18.7 Å². The first-order chi connectivity index (χ1) is 7.19. The number of hydrogen-bond acceptors (Lipinski definition) is 3. The van der Waals surface area contributed by atoms with Gasteiger partial charge in [0.05, 0.1) is 6.61 Å². The lowest BCUT2D eigenvalue weighted by Crippen LogP contribution is -2.51. The second-order valence-corrected chi connectivity index (χ2v) is 4.29. The first-order valence-corrected chi connectivity index (χ1v) is 5.88. The van der Waals surface area contributed by atoms with Gasteiger partial charge in [-0.1, -0.05) is 6.92 Å². The summed E-state index contributed by atoms with van der Waals surface area (Å²) >= 11 is 5.90. The SMILES string of the molecule is CC[C@@H](Cl)C(=O)N1CCN(CCO)CC1. The van der Waals surface area contributed by atoms with Crippen LogP contribution in [0.3, 0.4) is 0 Å². The third-order valence-corrected chi connectivity index (χ3v) is 3.22. The van der Waals surface area contributed by atoms with E-state index in [-0.39, 0.29) is 17.9 Å². The van der Waals surface area contributed by atoms with Crippen LogP contribution in [0.15, 0.2) is 0 Å². The fraction of sp³-hybridized carbons (Fsp3) is 0.900. The maximum atomic E-state index is 11.7.